The van der Waals surface area contributed by atoms with E-state index in [0.717, 1.165) is 19.4 Å². The minimum Gasteiger partial charge on any atom is -0.417 e. The van der Waals surface area contributed by atoms with E-state index in [1.165, 1.54) is 0 Å². The highest BCUT2D eigenvalue weighted by molar-refractivity contribution is 6.74. The Kier molecular flexibility index (Phi) is 4.27. The van der Waals surface area contributed by atoms with Gasteiger partial charge in [-0.2, -0.15) is 0 Å². The third-order valence-corrected chi connectivity index (χ3v) is 8.77. The van der Waals surface area contributed by atoms with Crippen LogP contribution in [0, 0.1) is 0 Å². The largest absolute Gasteiger partial charge is 0.417 e. The SMILES string of the molecule is C=CC[C@]1(C)O[C@@H]1CCO[Si](C)(C)C(C)(C)C. The number of hydrogen-bond acceptors (Lipinski definition) is 2. The van der Waals surface area contributed by atoms with Gasteiger partial charge in [0.05, 0.1) is 11.7 Å². The smallest absolute Gasteiger partial charge is 0.191 e. The van der Waals surface area contributed by atoms with Crippen molar-refractivity contribution in [2.75, 3.05) is 6.61 Å². The molecule has 0 bridgehead atoms. The molecule has 0 aromatic carbocycles. The number of ether oxygens (including phenoxy) is 1. The van der Waals surface area contributed by atoms with E-state index in [1.807, 2.05) is 6.08 Å². The second-order valence-corrected chi connectivity index (χ2v) is 11.6. The van der Waals surface area contributed by atoms with Gasteiger partial charge in [0.15, 0.2) is 8.32 Å². The zero-order valence-corrected chi connectivity index (χ0v) is 13.3. The molecule has 1 aliphatic heterocycles. The van der Waals surface area contributed by atoms with Crippen LogP contribution >= 0.6 is 0 Å². The average molecular weight is 256 g/mol. The average Bonchev–Trinajstić information content (AvgIpc) is 2.75. The van der Waals surface area contributed by atoms with Crippen molar-refractivity contribution in [1.82, 2.24) is 0 Å². The molecule has 0 amide bonds. The van der Waals surface area contributed by atoms with Gasteiger partial charge >= 0.3 is 0 Å². The second kappa shape index (κ2) is 4.86. The molecule has 2 atom stereocenters. The van der Waals surface area contributed by atoms with Gasteiger partial charge in [-0.1, -0.05) is 26.8 Å². The van der Waals surface area contributed by atoms with Gasteiger partial charge < -0.3 is 9.16 Å². The number of rotatable bonds is 6. The molecule has 0 radical (unpaired) electrons. The Morgan fingerprint density at radius 2 is 2.00 bits per heavy atom. The van der Waals surface area contributed by atoms with E-state index >= 15 is 0 Å². The van der Waals surface area contributed by atoms with Gasteiger partial charge in [-0.25, -0.2) is 0 Å². The zero-order chi connectivity index (χ0) is 13.3. The lowest BCUT2D eigenvalue weighted by Crippen LogP contribution is -2.41. The van der Waals surface area contributed by atoms with Gasteiger partial charge in [0.25, 0.3) is 0 Å². The summed E-state index contributed by atoms with van der Waals surface area (Å²) in [5.74, 6) is 0. The van der Waals surface area contributed by atoms with Crippen LogP contribution in [0.15, 0.2) is 12.7 Å². The molecule has 17 heavy (non-hydrogen) atoms. The minimum absolute atomic E-state index is 0.0402. The van der Waals surface area contributed by atoms with Crippen molar-refractivity contribution in [2.45, 2.75) is 70.4 Å². The van der Waals surface area contributed by atoms with Crippen molar-refractivity contribution in [3.8, 4) is 0 Å². The van der Waals surface area contributed by atoms with Gasteiger partial charge in [-0.05, 0) is 37.9 Å². The van der Waals surface area contributed by atoms with Crippen LogP contribution in [0.5, 0.6) is 0 Å². The highest BCUT2D eigenvalue weighted by atomic mass is 28.4. The molecule has 0 aromatic heterocycles. The first kappa shape index (κ1) is 14.9. The maximum absolute atomic E-state index is 6.15. The molecular weight excluding hydrogens is 228 g/mol. The fourth-order valence-corrected chi connectivity index (χ4v) is 2.82. The summed E-state index contributed by atoms with van der Waals surface area (Å²) in [6.45, 7) is 18.2. The van der Waals surface area contributed by atoms with Crippen molar-refractivity contribution >= 4 is 8.32 Å². The fourth-order valence-electron chi connectivity index (χ4n) is 1.76. The first-order valence-electron chi connectivity index (χ1n) is 6.55. The van der Waals surface area contributed by atoms with Crippen molar-refractivity contribution in [3.05, 3.63) is 12.7 Å². The Labute approximate surface area is 108 Å². The summed E-state index contributed by atoms with van der Waals surface area (Å²) in [6.07, 6.45) is 4.26. The van der Waals surface area contributed by atoms with Gasteiger partial charge in [0, 0.05) is 6.61 Å². The standard InChI is InChI=1S/C14H28O2Si/c1-8-10-14(5)12(16-14)9-11-15-17(6,7)13(2,3)4/h8,12H,1,9-11H2,2-7H3/t12-,14+/m1/s1. The van der Waals surface area contributed by atoms with Crippen LogP contribution in [-0.4, -0.2) is 26.6 Å². The molecule has 100 valence electrons. The van der Waals surface area contributed by atoms with Crippen molar-refractivity contribution in [2.24, 2.45) is 0 Å². The zero-order valence-electron chi connectivity index (χ0n) is 12.3. The summed E-state index contributed by atoms with van der Waals surface area (Å²) in [5, 5.41) is 0.293. The lowest BCUT2D eigenvalue weighted by atomic mass is 10.0. The molecule has 0 N–H and O–H groups in total. The topological polar surface area (TPSA) is 21.8 Å². The predicted octanol–water partition coefficient (Wildman–Crippen LogP) is 4.13. The van der Waals surface area contributed by atoms with Crippen molar-refractivity contribution in [3.63, 3.8) is 0 Å². The maximum atomic E-state index is 6.15. The summed E-state index contributed by atoms with van der Waals surface area (Å²) in [4.78, 5) is 0. The summed E-state index contributed by atoms with van der Waals surface area (Å²) in [5.41, 5.74) is 0.0402. The molecule has 0 saturated carbocycles. The Balaban J connectivity index is 2.29. The predicted molar refractivity (Wildman–Crippen MR) is 75.9 cm³/mol. The molecule has 2 nitrogen and oxygen atoms in total. The molecule has 1 aliphatic rings. The first-order chi connectivity index (χ1) is 7.62. The van der Waals surface area contributed by atoms with Crippen LogP contribution in [0.1, 0.15) is 40.5 Å². The Morgan fingerprint density at radius 3 is 2.47 bits per heavy atom. The molecule has 1 heterocycles. The van der Waals surface area contributed by atoms with Gasteiger partial charge in [-0.15, -0.1) is 6.58 Å². The molecule has 0 aliphatic carbocycles. The Bertz CT molecular complexity index is 280. The quantitative estimate of drug-likeness (QED) is 0.405. The molecule has 0 unspecified atom stereocenters. The molecule has 1 saturated heterocycles. The molecule has 3 heteroatoms. The van der Waals surface area contributed by atoms with Crippen LogP contribution in [-0.2, 0) is 9.16 Å². The third-order valence-electron chi connectivity index (χ3n) is 4.23. The van der Waals surface area contributed by atoms with Crippen LogP contribution in [0.4, 0.5) is 0 Å². The summed E-state index contributed by atoms with van der Waals surface area (Å²) in [6, 6.07) is 0. The van der Waals surface area contributed by atoms with Crippen LogP contribution in [0.3, 0.4) is 0 Å². The van der Waals surface area contributed by atoms with Gasteiger partial charge in [-0.3, -0.25) is 0 Å². The van der Waals surface area contributed by atoms with Crippen molar-refractivity contribution < 1.29 is 9.16 Å². The van der Waals surface area contributed by atoms with Gasteiger partial charge in [0.1, 0.15) is 0 Å². The van der Waals surface area contributed by atoms with E-state index in [4.69, 9.17) is 9.16 Å². The van der Waals surface area contributed by atoms with E-state index < -0.39 is 8.32 Å². The van der Waals surface area contributed by atoms with Gasteiger partial charge in [0.2, 0.25) is 0 Å². The summed E-state index contributed by atoms with van der Waals surface area (Å²) >= 11 is 0. The molecule has 1 fully saturated rings. The lowest BCUT2D eigenvalue weighted by Gasteiger charge is -2.36. The molecule has 0 aromatic rings. The molecule has 1 rings (SSSR count). The molecule has 0 spiro atoms. The number of epoxide rings is 1. The Hall–Kier alpha value is -0.123. The van der Waals surface area contributed by atoms with E-state index in [2.05, 4.69) is 47.4 Å². The van der Waals surface area contributed by atoms with E-state index in [-0.39, 0.29) is 5.60 Å². The monoisotopic (exact) mass is 256 g/mol. The lowest BCUT2D eigenvalue weighted by molar-refractivity contribution is 0.255. The van der Waals surface area contributed by atoms with E-state index in [0.29, 0.717) is 11.1 Å². The van der Waals surface area contributed by atoms with Crippen LogP contribution in [0.25, 0.3) is 0 Å². The second-order valence-electron chi connectivity index (χ2n) is 6.81. The van der Waals surface area contributed by atoms with Crippen LogP contribution in [0.2, 0.25) is 18.1 Å². The molecular formula is C14H28O2Si. The minimum atomic E-state index is -1.58. The third kappa shape index (κ3) is 3.67. The number of hydrogen-bond donors (Lipinski definition) is 0. The summed E-state index contributed by atoms with van der Waals surface area (Å²) in [7, 11) is -1.58. The first-order valence-corrected chi connectivity index (χ1v) is 9.46. The highest BCUT2D eigenvalue weighted by Gasteiger charge is 2.50. The summed E-state index contributed by atoms with van der Waals surface area (Å²) < 4.78 is 11.9. The maximum Gasteiger partial charge on any atom is 0.191 e. The fraction of sp³-hybridized carbons (Fsp3) is 0.857. The normalized spacial score (nSPS) is 29.2. The van der Waals surface area contributed by atoms with Crippen molar-refractivity contribution in [1.29, 1.82) is 0 Å². The van der Waals surface area contributed by atoms with Crippen LogP contribution < -0.4 is 0 Å². The Morgan fingerprint density at radius 1 is 1.41 bits per heavy atom. The van der Waals surface area contributed by atoms with E-state index in [1.54, 1.807) is 0 Å². The van der Waals surface area contributed by atoms with E-state index in [9.17, 15) is 0 Å². The highest BCUT2D eigenvalue weighted by Crippen LogP contribution is 2.42.